The van der Waals surface area contributed by atoms with E-state index in [4.69, 9.17) is 16.3 Å². The van der Waals surface area contributed by atoms with Crippen LogP contribution in [0.15, 0.2) is 29.7 Å². The minimum Gasteiger partial charge on any atom is -0.478 e. The number of carbonyl (C=O) groups excluding carboxylic acids is 1. The predicted octanol–water partition coefficient (Wildman–Crippen LogP) is 2.18. The van der Waals surface area contributed by atoms with Gasteiger partial charge in [-0.3, -0.25) is 4.79 Å². The zero-order valence-corrected chi connectivity index (χ0v) is 11.1. The maximum Gasteiger partial charge on any atom is 0.170 e. The molecule has 1 N–H and O–H groups in total. The van der Waals surface area contributed by atoms with Gasteiger partial charge in [0.15, 0.2) is 11.5 Å². The number of allylic oxidation sites excluding steroid dienone is 2. The number of Topliss-reactive ketones (excluding diaryl/α,β-unsaturated/α-hetero) is 1. The number of hydrogen-bond donors (Lipinski definition) is 1. The normalized spacial score (nSPS) is 23.8. The molecule has 0 amide bonds. The molecule has 18 heavy (non-hydrogen) atoms. The van der Waals surface area contributed by atoms with Crippen LogP contribution < -0.4 is 5.32 Å². The van der Waals surface area contributed by atoms with E-state index in [2.05, 4.69) is 11.0 Å². The van der Waals surface area contributed by atoms with E-state index < -0.39 is 0 Å². The number of alkyl halides is 1. The second kappa shape index (κ2) is 6.79. The number of rotatable bonds is 5. The summed E-state index contributed by atoms with van der Waals surface area (Å²) in [6, 6.07) is 0. The van der Waals surface area contributed by atoms with E-state index in [-0.39, 0.29) is 17.8 Å². The quantitative estimate of drug-likeness (QED) is 0.613. The van der Waals surface area contributed by atoms with Gasteiger partial charge in [0.2, 0.25) is 0 Å². The molecule has 0 aromatic heterocycles. The van der Waals surface area contributed by atoms with Crippen LogP contribution in [0.25, 0.3) is 0 Å². The van der Waals surface area contributed by atoms with E-state index in [1.807, 2.05) is 6.08 Å². The van der Waals surface area contributed by atoms with Crippen molar-refractivity contribution in [3.63, 3.8) is 0 Å². The lowest BCUT2D eigenvalue weighted by Gasteiger charge is -2.21. The summed E-state index contributed by atoms with van der Waals surface area (Å²) in [5.41, 5.74) is 2.92. The van der Waals surface area contributed by atoms with Crippen LogP contribution in [0, 0.1) is 5.92 Å². The van der Waals surface area contributed by atoms with Crippen LogP contribution in [0.3, 0.4) is 0 Å². The highest BCUT2D eigenvalue weighted by molar-refractivity contribution is 6.23. The summed E-state index contributed by atoms with van der Waals surface area (Å²) in [5.74, 6) is 1.27. The van der Waals surface area contributed by atoms with Gasteiger partial charge in [0.1, 0.15) is 6.61 Å². The highest BCUT2D eigenvalue weighted by Crippen LogP contribution is 2.16. The molecule has 1 saturated heterocycles. The van der Waals surface area contributed by atoms with Crippen molar-refractivity contribution < 1.29 is 9.53 Å². The number of carbonyl (C=O) groups is 1. The summed E-state index contributed by atoms with van der Waals surface area (Å²) < 4.78 is 5.40. The maximum atomic E-state index is 11.8. The summed E-state index contributed by atoms with van der Waals surface area (Å²) in [4.78, 5) is 11.8. The minimum absolute atomic E-state index is 0.122. The molecular weight excluding hydrogens is 250 g/mol. The average Bonchev–Trinajstić information content (AvgIpc) is 2.39. The molecule has 0 saturated carbocycles. The Morgan fingerprint density at radius 1 is 1.50 bits per heavy atom. The first-order chi connectivity index (χ1) is 8.74. The number of ether oxygens (including phenoxy) is 1. The SMILES string of the molecule is O=C(COC1=C=CC(Cl)C=C1)CC1CCNCC1. The molecule has 98 valence electrons. The summed E-state index contributed by atoms with van der Waals surface area (Å²) >= 11 is 5.83. The second-order valence-electron chi connectivity index (χ2n) is 4.70. The van der Waals surface area contributed by atoms with Gasteiger partial charge in [-0.2, -0.15) is 0 Å². The van der Waals surface area contributed by atoms with E-state index in [1.165, 1.54) is 0 Å². The van der Waals surface area contributed by atoms with Crippen molar-refractivity contribution in [1.82, 2.24) is 5.32 Å². The van der Waals surface area contributed by atoms with Gasteiger partial charge < -0.3 is 10.1 Å². The molecule has 0 spiro atoms. The summed E-state index contributed by atoms with van der Waals surface area (Å²) in [7, 11) is 0. The highest BCUT2D eigenvalue weighted by atomic mass is 35.5. The standard InChI is InChI=1S/C14H18ClNO2/c15-12-1-3-14(4-2-12)18-10-13(17)9-11-5-7-16-8-6-11/h1-3,11-12,16H,5-10H2. The Morgan fingerprint density at radius 2 is 2.28 bits per heavy atom. The van der Waals surface area contributed by atoms with Crippen LogP contribution in [0.1, 0.15) is 19.3 Å². The topological polar surface area (TPSA) is 38.3 Å². The highest BCUT2D eigenvalue weighted by Gasteiger charge is 2.17. The van der Waals surface area contributed by atoms with Gasteiger partial charge in [-0.25, -0.2) is 0 Å². The molecule has 2 aliphatic rings. The molecule has 0 aromatic carbocycles. The summed E-state index contributed by atoms with van der Waals surface area (Å²) in [5, 5.41) is 3.17. The zero-order chi connectivity index (χ0) is 12.8. The van der Waals surface area contributed by atoms with Crippen molar-refractivity contribution in [2.24, 2.45) is 5.92 Å². The third-order valence-corrected chi connectivity index (χ3v) is 3.45. The van der Waals surface area contributed by atoms with Crippen molar-refractivity contribution in [1.29, 1.82) is 0 Å². The number of nitrogens with one attached hydrogen (secondary N) is 1. The van der Waals surface area contributed by atoms with Crippen molar-refractivity contribution in [2.75, 3.05) is 19.7 Å². The largest absolute Gasteiger partial charge is 0.478 e. The molecule has 1 unspecified atom stereocenters. The van der Waals surface area contributed by atoms with E-state index in [9.17, 15) is 4.79 Å². The van der Waals surface area contributed by atoms with Gasteiger partial charge in [0.05, 0.1) is 5.38 Å². The molecule has 1 aliphatic heterocycles. The van der Waals surface area contributed by atoms with Crippen molar-refractivity contribution in [3.05, 3.63) is 29.7 Å². The molecule has 1 atom stereocenters. The van der Waals surface area contributed by atoms with Gasteiger partial charge >= 0.3 is 0 Å². The Kier molecular flexibility index (Phi) is 5.06. The second-order valence-corrected chi connectivity index (χ2v) is 5.21. The smallest absolute Gasteiger partial charge is 0.170 e. The molecule has 4 heteroatoms. The molecule has 1 fully saturated rings. The number of halogens is 1. The fraction of sp³-hybridized carbons (Fsp3) is 0.571. The first kappa shape index (κ1) is 13.4. The molecule has 0 aromatic rings. The fourth-order valence-corrected chi connectivity index (χ4v) is 2.30. The zero-order valence-electron chi connectivity index (χ0n) is 10.3. The van der Waals surface area contributed by atoms with Gasteiger partial charge in [0, 0.05) is 6.42 Å². The molecule has 1 aliphatic carbocycles. The number of piperidine rings is 1. The van der Waals surface area contributed by atoms with Crippen LogP contribution in [-0.4, -0.2) is 30.9 Å². The van der Waals surface area contributed by atoms with Crippen LogP contribution in [0.2, 0.25) is 0 Å². The Bertz CT molecular complexity index is 391. The third kappa shape index (κ3) is 4.34. The van der Waals surface area contributed by atoms with Crippen LogP contribution in [-0.2, 0) is 9.53 Å². The monoisotopic (exact) mass is 267 g/mol. The molecule has 0 radical (unpaired) electrons. The number of ketones is 1. The minimum atomic E-state index is -0.122. The van der Waals surface area contributed by atoms with Gasteiger partial charge in [-0.1, -0.05) is 11.8 Å². The molecule has 2 rings (SSSR count). The van der Waals surface area contributed by atoms with Crippen molar-refractivity contribution in [2.45, 2.75) is 24.6 Å². The van der Waals surface area contributed by atoms with Crippen molar-refractivity contribution >= 4 is 17.4 Å². The molecule has 0 bridgehead atoms. The lowest BCUT2D eigenvalue weighted by molar-refractivity contribution is -0.123. The molecule has 3 nitrogen and oxygen atoms in total. The Hall–Kier alpha value is -1.02. The molecule has 1 heterocycles. The average molecular weight is 268 g/mol. The van der Waals surface area contributed by atoms with E-state index in [0.29, 0.717) is 18.1 Å². The first-order valence-electron chi connectivity index (χ1n) is 6.38. The maximum absolute atomic E-state index is 11.8. The van der Waals surface area contributed by atoms with E-state index in [0.717, 1.165) is 25.9 Å². The lowest BCUT2D eigenvalue weighted by Crippen LogP contribution is -2.29. The van der Waals surface area contributed by atoms with E-state index >= 15 is 0 Å². The first-order valence-corrected chi connectivity index (χ1v) is 6.82. The third-order valence-electron chi connectivity index (χ3n) is 3.18. The summed E-state index contributed by atoms with van der Waals surface area (Å²) in [6.45, 7) is 2.18. The van der Waals surface area contributed by atoms with Crippen LogP contribution >= 0.6 is 11.6 Å². The number of hydrogen-bond acceptors (Lipinski definition) is 3. The van der Waals surface area contributed by atoms with Crippen LogP contribution in [0.4, 0.5) is 0 Å². The van der Waals surface area contributed by atoms with Crippen LogP contribution in [0.5, 0.6) is 0 Å². The van der Waals surface area contributed by atoms with Gasteiger partial charge in [-0.15, -0.1) is 11.6 Å². The summed E-state index contributed by atoms with van der Waals surface area (Å²) in [6.07, 6.45) is 8.08. The van der Waals surface area contributed by atoms with Gasteiger partial charge in [0.25, 0.3) is 0 Å². The Labute approximate surface area is 113 Å². The Morgan fingerprint density at radius 3 is 2.94 bits per heavy atom. The fourth-order valence-electron chi connectivity index (χ4n) is 2.16. The predicted molar refractivity (Wildman–Crippen MR) is 71.5 cm³/mol. The lowest BCUT2D eigenvalue weighted by atomic mass is 9.93. The van der Waals surface area contributed by atoms with Crippen molar-refractivity contribution in [3.8, 4) is 0 Å². The van der Waals surface area contributed by atoms with E-state index in [1.54, 1.807) is 12.2 Å². The Balaban J connectivity index is 1.71. The molecular formula is C14H18ClNO2. The van der Waals surface area contributed by atoms with Gasteiger partial charge in [-0.05, 0) is 44.0 Å².